The van der Waals surface area contributed by atoms with Crippen molar-refractivity contribution < 1.29 is 14.3 Å². The highest BCUT2D eigenvalue weighted by atomic mass is 16.5. The Hall–Kier alpha value is -0.410. The minimum atomic E-state index is 0.0744. The Balaban J connectivity index is 1.63. The summed E-state index contributed by atoms with van der Waals surface area (Å²) in [6.45, 7) is 18.2. The lowest BCUT2D eigenvalue weighted by atomic mass is 9.43. The van der Waals surface area contributed by atoms with Crippen LogP contribution in [-0.4, -0.2) is 31.2 Å². The number of carbonyl (C=O) groups is 1. The lowest BCUT2D eigenvalue weighted by Crippen LogP contribution is -2.65. The Kier molecular flexibility index (Phi) is 8.25. The van der Waals surface area contributed by atoms with E-state index in [2.05, 4.69) is 48.5 Å². The lowest BCUT2D eigenvalue weighted by Gasteiger charge is -2.64. The van der Waals surface area contributed by atoms with Crippen LogP contribution in [0.4, 0.5) is 0 Å². The van der Waals surface area contributed by atoms with Gasteiger partial charge in [-0.1, -0.05) is 53.9 Å². The van der Waals surface area contributed by atoms with Crippen LogP contribution in [0.3, 0.4) is 0 Å². The van der Waals surface area contributed by atoms with Crippen LogP contribution in [0.1, 0.15) is 113 Å². The van der Waals surface area contributed by atoms with Gasteiger partial charge in [0.15, 0.2) is 0 Å². The third-order valence-electron chi connectivity index (χ3n) is 11.4. The van der Waals surface area contributed by atoms with Crippen LogP contribution in [0.15, 0.2) is 0 Å². The van der Waals surface area contributed by atoms with Gasteiger partial charge in [-0.25, -0.2) is 0 Å². The van der Waals surface area contributed by atoms with E-state index < -0.39 is 0 Å². The summed E-state index contributed by atoms with van der Waals surface area (Å²) >= 11 is 0. The van der Waals surface area contributed by atoms with Gasteiger partial charge < -0.3 is 9.47 Å². The molecule has 4 fully saturated rings. The Morgan fingerprint density at radius 1 is 0.853 bits per heavy atom. The standard InChI is InChI=1S/C31H54O3/c1-8-33-28-26-19-22(32)15-17-31(26,7)25-16-18-30(6)23(21(5)12-10-11-20(3)4)13-14-24(30)27(25)29(28)34-9-2/h20-21,23-29H,8-19H2,1-7H3/t21-,23-,24+,25+,26-,27+,28-,29-,30-,31-/m1/s1. The zero-order chi connectivity index (χ0) is 24.7. The summed E-state index contributed by atoms with van der Waals surface area (Å²) in [4.78, 5) is 12.6. The normalized spacial score (nSPS) is 45.1. The van der Waals surface area contributed by atoms with E-state index >= 15 is 0 Å². The minimum Gasteiger partial charge on any atom is -0.375 e. The molecule has 0 aromatic heterocycles. The van der Waals surface area contributed by atoms with Crippen LogP contribution in [0.5, 0.6) is 0 Å². The molecule has 0 radical (unpaired) electrons. The van der Waals surface area contributed by atoms with E-state index in [1.807, 2.05) is 0 Å². The molecule has 0 bridgehead atoms. The number of rotatable bonds is 9. The largest absolute Gasteiger partial charge is 0.375 e. The van der Waals surface area contributed by atoms with Gasteiger partial charge in [0.2, 0.25) is 0 Å². The molecule has 34 heavy (non-hydrogen) atoms. The average Bonchev–Trinajstić information content (AvgIpc) is 3.14. The summed E-state index contributed by atoms with van der Waals surface area (Å²) < 4.78 is 13.2. The fourth-order valence-corrected chi connectivity index (χ4v) is 9.82. The SMILES string of the molecule is CCO[C@H]1[C@H](OCC)[C@H]2CC(=O)CC[C@]2(C)[C@H]2CC[C@]3(C)[C@@H]([C@H](C)CCCC(C)C)CC[C@H]3[C@H]12. The maximum absolute atomic E-state index is 12.6. The molecule has 0 aromatic rings. The molecule has 4 aliphatic rings. The Morgan fingerprint density at radius 2 is 1.53 bits per heavy atom. The maximum Gasteiger partial charge on any atom is 0.133 e. The first kappa shape index (κ1) is 26.6. The zero-order valence-electron chi connectivity index (χ0n) is 23.4. The van der Waals surface area contributed by atoms with E-state index in [4.69, 9.17) is 9.47 Å². The molecule has 10 atom stereocenters. The van der Waals surface area contributed by atoms with Gasteiger partial charge in [-0.3, -0.25) is 4.79 Å². The number of ketones is 1. The number of Topliss-reactive ketones (excluding diaryl/α,β-unsaturated/α-hetero) is 1. The number of carbonyl (C=O) groups excluding carboxylic acids is 1. The molecule has 196 valence electrons. The average molecular weight is 475 g/mol. The quantitative estimate of drug-likeness (QED) is 0.343. The summed E-state index contributed by atoms with van der Waals surface area (Å²) in [5, 5.41) is 0. The second-order valence-electron chi connectivity index (χ2n) is 13.5. The first-order chi connectivity index (χ1) is 16.2. The molecule has 4 aliphatic carbocycles. The fourth-order valence-electron chi connectivity index (χ4n) is 9.82. The first-order valence-corrected chi connectivity index (χ1v) is 14.9. The topological polar surface area (TPSA) is 35.5 Å². The zero-order valence-corrected chi connectivity index (χ0v) is 23.4. The van der Waals surface area contributed by atoms with E-state index in [9.17, 15) is 4.79 Å². The Bertz CT molecular complexity index is 703. The predicted molar refractivity (Wildman–Crippen MR) is 140 cm³/mol. The van der Waals surface area contributed by atoms with E-state index in [1.54, 1.807) is 0 Å². The summed E-state index contributed by atoms with van der Waals surface area (Å²) in [5.74, 6) is 5.23. The monoisotopic (exact) mass is 474 g/mol. The highest BCUT2D eigenvalue weighted by Gasteiger charge is 2.66. The van der Waals surface area contributed by atoms with Crippen molar-refractivity contribution >= 4 is 5.78 Å². The molecular weight excluding hydrogens is 420 g/mol. The van der Waals surface area contributed by atoms with Gasteiger partial charge in [0.1, 0.15) is 5.78 Å². The van der Waals surface area contributed by atoms with Crippen LogP contribution in [0.25, 0.3) is 0 Å². The van der Waals surface area contributed by atoms with E-state index in [0.29, 0.717) is 42.0 Å². The van der Waals surface area contributed by atoms with E-state index in [1.165, 1.54) is 44.9 Å². The Morgan fingerprint density at radius 3 is 2.21 bits per heavy atom. The van der Waals surface area contributed by atoms with Crippen molar-refractivity contribution in [3.05, 3.63) is 0 Å². The second-order valence-corrected chi connectivity index (χ2v) is 13.5. The van der Waals surface area contributed by atoms with Gasteiger partial charge in [-0.15, -0.1) is 0 Å². The maximum atomic E-state index is 12.6. The molecule has 0 N–H and O–H groups in total. The molecule has 0 spiro atoms. The number of hydrogen-bond acceptors (Lipinski definition) is 3. The van der Waals surface area contributed by atoms with Crippen molar-refractivity contribution in [2.75, 3.05) is 13.2 Å². The minimum absolute atomic E-state index is 0.0744. The molecule has 0 amide bonds. The van der Waals surface area contributed by atoms with Crippen LogP contribution in [0, 0.1) is 52.3 Å². The van der Waals surface area contributed by atoms with Crippen molar-refractivity contribution in [1.29, 1.82) is 0 Å². The summed E-state index contributed by atoms with van der Waals surface area (Å²) in [6, 6.07) is 0. The van der Waals surface area contributed by atoms with Crippen molar-refractivity contribution in [1.82, 2.24) is 0 Å². The lowest BCUT2D eigenvalue weighted by molar-refractivity contribution is -0.238. The third kappa shape index (κ3) is 4.55. The van der Waals surface area contributed by atoms with Gasteiger partial charge in [0, 0.05) is 32.0 Å². The van der Waals surface area contributed by atoms with Gasteiger partial charge in [-0.2, -0.15) is 0 Å². The number of hydrogen-bond donors (Lipinski definition) is 0. The molecule has 0 unspecified atom stereocenters. The van der Waals surface area contributed by atoms with Gasteiger partial charge in [0.25, 0.3) is 0 Å². The van der Waals surface area contributed by atoms with Crippen LogP contribution >= 0.6 is 0 Å². The van der Waals surface area contributed by atoms with E-state index in [0.717, 1.165) is 43.1 Å². The van der Waals surface area contributed by atoms with Gasteiger partial charge in [0.05, 0.1) is 12.2 Å². The van der Waals surface area contributed by atoms with Crippen LogP contribution in [-0.2, 0) is 14.3 Å². The predicted octanol–water partition coefficient (Wildman–Crippen LogP) is 7.71. The van der Waals surface area contributed by atoms with Gasteiger partial charge in [-0.05, 0) is 92.3 Å². The second kappa shape index (κ2) is 10.5. The molecule has 4 saturated carbocycles. The van der Waals surface area contributed by atoms with Crippen molar-refractivity contribution in [3.63, 3.8) is 0 Å². The van der Waals surface area contributed by atoms with Crippen molar-refractivity contribution in [2.45, 2.75) is 125 Å². The summed E-state index contributed by atoms with van der Waals surface area (Å²) in [5.41, 5.74) is 0.645. The Labute approximate surface area is 210 Å². The number of ether oxygens (including phenoxy) is 2. The molecule has 4 rings (SSSR count). The third-order valence-corrected chi connectivity index (χ3v) is 11.4. The smallest absolute Gasteiger partial charge is 0.133 e. The fraction of sp³-hybridized carbons (Fsp3) is 0.968. The summed E-state index contributed by atoms with van der Waals surface area (Å²) in [7, 11) is 0. The summed E-state index contributed by atoms with van der Waals surface area (Å²) in [6.07, 6.45) is 12.3. The molecule has 3 heteroatoms. The highest BCUT2D eigenvalue weighted by molar-refractivity contribution is 5.79. The molecule has 3 nitrogen and oxygen atoms in total. The van der Waals surface area contributed by atoms with Crippen molar-refractivity contribution in [3.8, 4) is 0 Å². The van der Waals surface area contributed by atoms with E-state index in [-0.39, 0.29) is 17.6 Å². The van der Waals surface area contributed by atoms with Crippen molar-refractivity contribution in [2.24, 2.45) is 52.3 Å². The number of fused-ring (bicyclic) bond motifs is 5. The van der Waals surface area contributed by atoms with Crippen LogP contribution < -0.4 is 0 Å². The highest BCUT2D eigenvalue weighted by Crippen LogP contribution is 2.68. The molecule has 0 aliphatic heterocycles. The molecule has 0 saturated heterocycles. The van der Waals surface area contributed by atoms with Gasteiger partial charge >= 0.3 is 0 Å². The molecule has 0 aromatic carbocycles. The first-order valence-electron chi connectivity index (χ1n) is 14.9. The molecular formula is C31H54O3. The van der Waals surface area contributed by atoms with Crippen LogP contribution in [0.2, 0.25) is 0 Å². The molecule has 0 heterocycles.